The highest BCUT2D eigenvalue weighted by Gasteiger charge is 2.20. The molecular formula is C16H28N4OS. The summed E-state index contributed by atoms with van der Waals surface area (Å²) in [6, 6.07) is 0. The number of aromatic nitrogens is 1. The molecule has 0 amide bonds. The summed E-state index contributed by atoms with van der Waals surface area (Å²) in [4.78, 5) is 10.1. The number of ether oxygens (including phenoxy) is 1. The van der Waals surface area contributed by atoms with Gasteiger partial charge >= 0.3 is 0 Å². The van der Waals surface area contributed by atoms with Crippen LogP contribution in [0.4, 0.5) is 0 Å². The maximum Gasteiger partial charge on any atom is 0.190 e. The summed E-state index contributed by atoms with van der Waals surface area (Å²) in [5.74, 6) is 1.70. The van der Waals surface area contributed by atoms with Gasteiger partial charge in [0.15, 0.2) is 5.96 Å². The number of aliphatic imine (C=N–C) groups is 1. The van der Waals surface area contributed by atoms with Gasteiger partial charge in [0.2, 0.25) is 0 Å². The Labute approximate surface area is 137 Å². The van der Waals surface area contributed by atoms with E-state index in [4.69, 9.17) is 4.74 Å². The van der Waals surface area contributed by atoms with Gasteiger partial charge < -0.3 is 15.4 Å². The van der Waals surface area contributed by atoms with Crippen LogP contribution in [0.5, 0.6) is 0 Å². The fourth-order valence-corrected chi connectivity index (χ4v) is 3.00. The normalized spacial score (nSPS) is 15.1. The Morgan fingerprint density at radius 1 is 1.32 bits per heavy atom. The van der Waals surface area contributed by atoms with Crippen LogP contribution in [0.2, 0.25) is 0 Å². The molecule has 1 aromatic rings. The molecule has 1 fully saturated rings. The van der Waals surface area contributed by atoms with Crippen LogP contribution in [0.25, 0.3) is 0 Å². The SMILES string of the molecule is CN=C(NCCCOCC1CC1)NCCc1nc(C)c(C)s1. The third kappa shape index (κ3) is 6.32. The highest BCUT2D eigenvalue weighted by atomic mass is 32.1. The maximum absolute atomic E-state index is 5.62. The van der Waals surface area contributed by atoms with Gasteiger partial charge in [-0.15, -0.1) is 11.3 Å². The number of aryl methyl sites for hydroxylation is 2. The maximum atomic E-state index is 5.62. The van der Waals surface area contributed by atoms with Crippen molar-refractivity contribution in [1.82, 2.24) is 15.6 Å². The van der Waals surface area contributed by atoms with Gasteiger partial charge in [-0.3, -0.25) is 4.99 Å². The molecule has 0 unspecified atom stereocenters. The van der Waals surface area contributed by atoms with Crippen LogP contribution in [0.3, 0.4) is 0 Å². The molecule has 124 valence electrons. The predicted octanol–water partition coefficient (Wildman–Crippen LogP) is 2.28. The number of hydrogen-bond donors (Lipinski definition) is 2. The molecule has 5 nitrogen and oxygen atoms in total. The number of hydrogen-bond acceptors (Lipinski definition) is 4. The number of nitrogens with one attached hydrogen (secondary N) is 2. The molecule has 22 heavy (non-hydrogen) atoms. The Morgan fingerprint density at radius 2 is 2.09 bits per heavy atom. The Morgan fingerprint density at radius 3 is 2.73 bits per heavy atom. The summed E-state index contributed by atoms with van der Waals surface area (Å²) in [6.07, 6.45) is 4.66. The number of rotatable bonds is 9. The third-order valence-corrected chi connectivity index (χ3v) is 4.87. The van der Waals surface area contributed by atoms with E-state index in [0.29, 0.717) is 0 Å². The van der Waals surface area contributed by atoms with Crippen molar-refractivity contribution in [3.05, 3.63) is 15.6 Å². The first kappa shape index (κ1) is 17.2. The summed E-state index contributed by atoms with van der Waals surface area (Å²) in [5, 5.41) is 7.83. The van der Waals surface area contributed by atoms with Gasteiger partial charge in [0.05, 0.1) is 10.7 Å². The van der Waals surface area contributed by atoms with Gasteiger partial charge in [-0.1, -0.05) is 0 Å². The van der Waals surface area contributed by atoms with E-state index in [1.165, 1.54) is 22.7 Å². The van der Waals surface area contributed by atoms with E-state index >= 15 is 0 Å². The van der Waals surface area contributed by atoms with Gasteiger partial charge in [-0.2, -0.15) is 0 Å². The lowest BCUT2D eigenvalue weighted by Crippen LogP contribution is -2.39. The molecule has 0 saturated heterocycles. The number of nitrogens with zero attached hydrogens (tertiary/aromatic N) is 2. The summed E-state index contributed by atoms with van der Waals surface area (Å²) in [5.41, 5.74) is 1.15. The Bertz CT molecular complexity index is 463. The van der Waals surface area contributed by atoms with Gasteiger partial charge in [0, 0.05) is 44.6 Å². The zero-order chi connectivity index (χ0) is 15.8. The molecule has 0 radical (unpaired) electrons. The summed E-state index contributed by atoms with van der Waals surface area (Å²) in [7, 11) is 1.80. The van der Waals surface area contributed by atoms with Crippen molar-refractivity contribution < 1.29 is 4.74 Å². The average Bonchev–Trinajstić information content (AvgIpc) is 3.27. The molecule has 2 N–H and O–H groups in total. The summed E-state index contributed by atoms with van der Waals surface area (Å²) >= 11 is 1.78. The van der Waals surface area contributed by atoms with Crippen molar-refractivity contribution in [3.63, 3.8) is 0 Å². The zero-order valence-corrected chi connectivity index (χ0v) is 14.8. The van der Waals surface area contributed by atoms with E-state index in [1.54, 1.807) is 18.4 Å². The second-order valence-corrected chi connectivity index (χ2v) is 7.08. The van der Waals surface area contributed by atoms with Crippen LogP contribution in [0, 0.1) is 19.8 Å². The Balaban J connectivity index is 1.52. The van der Waals surface area contributed by atoms with Crippen LogP contribution in [-0.4, -0.2) is 44.3 Å². The van der Waals surface area contributed by atoms with Gasteiger partial charge in [-0.25, -0.2) is 4.98 Å². The number of thiazole rings is 1. The Kier molecular flexibility index (Phi) is 7.12. The molecule has 2 rings (SSSR count). The first-order valence-corrected chi connectivity index (χ1v) is 8.96. The molecular weight excluding hydrogens is 296 g/mol. The van der Waals surface area contributed by atoms with Crippen molar-refractivity contribution in [2.24, 2.45) is 10.9 Å². The van der Waals surface area contributed by atoms with Crippen LogP contribution < -0.4 is 10.6 Å². The molecule has 0 bridgehead atoms. The molecule has 1 aliphatic carbocycles. The third-order valence-electron chi connectivity index (χ3n) is 3.74. The van der Waals surface area contributed by atoms with E-state index in [1.807, 2.05) is 0 Å². The molecule has 0 aromatic carbocycles. The molecule has 1 saturated carbocycles. The lowest BCUT2D eigenvalue weighted by Gasteiger charge is -2.11. The lowest BCUT2D eigenvalue weighted by atomic mass is 10.4. The van der Waals surface area contributed by atoms with Crippen molar-refractivity contribution in [2.45, 2.75) is 39.5 Å². The van der Waals surface area contributed by atoms with Crippen LogP contribution in [0.1, 0.15) is 34.8 Å². The van der Waals surface area contributed by atoms with Crippen LogP contribution >= 0.6 is 11.3 Å². The first-order chi connectivity index (χ1) is 10.7. The molecule has 1 aliphatic rings. The van der Waals surface area contributed by atoms with E-state index in [9.17, 15) is 0 Å². The van der Waals surface area contributed by atoms with Crippen LogP contribution in [0.15, 0.2) is 4.99 Å². The van der Waals surface area contributed by atoms with E-state index < -0.39 is 0 Å². The van der Waals surface area contributed by atoms with Gasteiger partial charge in [0.25, 0.3) is 0 Å². The molecule has 0 spiro atoms. The largest absolute Gasteiger partial charge is 0.381 e. The fraction of sp³-hybridized carbons (Fsp3) is 0.750. The molecule has 1 aromatic heterocycles. The molecule has 0 aliphatic heterocycles. The second-order valence-electron chi connectivity index (χ2n) is 5.80. The highest BCUT2D eigenvalue weighted by molar-refractivity contribution is 7.11. The van der Waals surface area contributed by atoms with Crippen molar-refractivity contribution in [3.8, 4) is 0 Å². The van der Waals surface area contributed by atoms with E-state index in [-0.39, 0.29) is 0 Å². The van der Waals surface area contributed by atoms with Crippen molar-refractivity contribution in [2.75, 3.05) is 33.4 Å². The molecule has 6 heteroatoms. The van der Waals surface area contributed by atoms with Gasteiger partial charge in [-0.05, 0) is 39.0 Å². The zero-order valence-electron chi connectivity index (χ0n) is 13.9. The second kappa shape index (κ2) is 9.10. The summed E-state index contributed by atoms with van der Waals surface area (Å²) < 4.78 is 5.62. The van der Waals surface area contributed by atoms with E-state index in [0.717, 1.165) is 56.7 Å². The smallest absolute Gasteiger partial charge is 0.190 e. The molecule has 0 atom stereocenters. The monoisotopic (exact) mass is 324 g/mol. The Hall–Kier alpha value is -1.14. The molecule has 1 heterocycles. The van der Waals surface area contributed by atoms with E-state index in [2.05, 4.69) is 34.5 Å². The van der Waals surface area contributed by atoms with Gasteiger partial charge in [0.1, 0.15) is 0 Å². The predicted molar refractivity (Wildman–Crippen MR) is 92.8 cm³/mol. The first-order valence-electron chi connectivity index (χ1n) is 8.14. The highest BCUT2D eigenvalue weighted by Crippen LogP contribution is 2.28. The van der Waals surface area contributed by atoms with Crippen LogP contribution in [-0.2, 0) is 11.2 Å². The minimum Gasteiger partial charge on any atom is -0.381 e. The average molecular weight is 324 g/mol. The summed E-state index contributed by atoms with van der Waals surface area (Å²) in [6.45, 7) is 7.70. The minimum atomic E-state index is 0.832. The van der Waals surface area contributed by atoms with Crippen molar-refractivity contribution >= 4 is 17.3 Å². The lowest BCUT2D eigenvalue weighted by molar-refractivity contribution is 0.123. The quantitative estimate of drug-likeness (QED) is 0.416. The number of guanidine groups is 1. The topological polar surface area (TPSA) is 58.5 Å². The van der Waals surface area contributed by atoms with Crippen molar-refractivity contribution in [1.29, 1.82) is 0 Å². The standard InChI is InChI=1S/C16H28N4OS/c1-12-13(2)22-15(20-12)7-9-19-16(17-3)18-8-4-10-21-11-14-5-6-14/h14H,4-11H2,1-3H3,(H2,17,18,19). The minimum absolute atomic E-state index is 0.832. The fourth-order valence-electron chi connectivity index (χ4n) is 2.07.